The van der Waals surface area contributed by atoms with Crippen LogP contribution in [0.5, 0.6) is 11.5 Å². The fourth-order valence-corrected chi connectivity index (χ4v) is 4.06. The maximum absolute atomic E-state index is 13.1. The highest BCUT2D eigenvalue weighted by Crippen LogP contribution is 2.36. The summed E-state index contributed by atoms with van der Waals surface area (Å²) < 4.78 is 11.8. The smallest absolute Gasteiger partial charge is 0.273 e. The van der Waals surface area contributed by atoms with E-state index < -0.39 is 5.56 Å². The van der Waals surface area contributed by atoms with Gasteiger partial charge in [-0.15, -0.1) is 0 Å². The quantitative estimate of drug-likeness (QED) is 0.696. The van der Waals surface area contributed by atoms with Crippen molar-refractivity contribution in [2.75, 3.05) is 20.8 Å². The van der Waals surface area contributed by atoms with E-state index >= 15 is 0 Å². The molecule has 0 unspecified atom stereocenters. The van der Waals surface area contributed by atoms with Crippen LogP contribution in [0.3, 0.4) is 0 Å². The largest absolute Gasteiger partial charge is 0.493 e. The first-order chi connectivity index (χ1) is 14.5. The van der Waals surface area contributed by atoms with Gasteiger partial charge in [-0.2, -0.15) is 0 Å². The van der Waals surface area contributed by atoms with Crippen LogP contribution in [0.15, 0.2) is 52.1 Å². The van der Waals surface area contributed by atoms with Crippen molar-refractivity contribution in [1.29, 1.82) is 0 Å². The third-order valence-corrected chi connectivity index (χ3v) is 5.54. The Bertz CT molecular complexity index is 1210. The van der Waals surface area contributed by atoms with Crippen LogP contribution < -0.4 is 20.6 Å². The fraction of sp³-hybridized carbons (Fsp3) is 0.318. The predicted octanol–water partition coefficient (Wildman–Crippen LogP) is 2.07. The number of nitrogens with one attached hydrogen (secondary N) is 1. The van der Waals surface area contributed by atoms with Crippen molar-refractivity contribution in [2.24, 2.45) is 0 Å². The molecule has 8 heteroatoms. The van der Waals surface area contributed by atoms with Gasteiger partial charge in [0.15, 0.2) is 11.5 Å². The van der Waals surface area contributed by atoms with Crippen molar-refractivity contribution < 1.29 is 14.3 Å². The Balaban J connectivity index is 1.62. The minimum Gasteiger partial charge on any atom is -0.493 e. The Labute approximate surface area is 172 Å². The van der Waals surface area contributed by atoms with Gasteiger partial charge >= 0.3 is 0 Å². The lowest BCUT2D eigenvalue weighted by atomic mass is 10.0. The Kier molecular flexibility index (Phi) is 5.31. The minimum atomic E-state index is -0.393. The molecule has 3 aromatic rings. The summed E-state index contributed by atoms with van der Waals surface area (Å²) in [6.45, 7) is 0.368. The van der Waals surface area contributed by atoms with Gasteiger partial charge in [0.25, 0.3) is 11.1 Å². The van der Waals surface area contributed by atoms with Gasteiger partial charge in [-0.25, -0.2) is 4.68 Å². The van der Waals surface area contributed by atoms with Gasteiger partial charge in [0.1, 0.15) is 6.54 Å². The van der Waals surface area contributed by atoms with Crippen molar-refractivity contribution >= 4 is 16.7 Å². The number of ether oxygens (including phenoxy) is 2. The molecule has 1 atom stereocenters. The van der Waals surface area contributed by atoms with E-state index in [1.54, 1.807) is 43.4 Å². The van der Waals surface area contributed by atoms with E-state index in [0.29, 0.717) is 28.8 Å². The summed E-state index contributed by atoms with van der Waals surface area (Å²) in [6.07, 6.45) is 1.66. The molecular weight excluding hydrogens is 386 g/mol. The number of hydrogen-bond acceptors (Lipinski definition) is 5. The fourth-order valence-electron chi connectivity index (χ4n) is 4.06. The first-order valence-corrected chi connectivity index (χ1v) is 9.76. The lowest BCUT2D eigenvalue weighted by Crippen LogP contribution is -2.39. The van der Waals surface area contributed by atoms with Gasteiger partial charge < -0.3 is 14.4 Å². The molecule has 156 valence electrons. The van der Waals surface area contributed by atoms with Crippen LogP contribution in [-0.4, -0.2) is 41.4 Å². The topological polar surface area (TPSA) is 93.6 Å². The van der Waals surface area contributed by atoms with Crippen molar-refractivity contribution in [3.63, 3.8) is 0 Å². The van der Waals surface area contributed by atoms with Crippen molar-refractivity contribution in [3.8, 4) is 11.5 Å². The monoisotopic (exact) mass is 409 g/mol. The van der Waals surface area contributed by atoms with Gasteiger partial charge in [0.2, 0.25) is 5.91 Å². The molecule has 0 aliphatic carbocycles. The number of amides is 1. The number of H-pyrrole nitrogens is 1. The minimum absolute atomic E-state index is 0.125. The Morgan fingerprint density at radius 2 is 1.80 bits per heavy atom. The number of carbonyl (C=O) groups excluding carboxylic acids is 1. The van der Waals surface area contributed by atoms with Crippen LogP contribution in [0.2, 0.25) is 0 Å². The highest BCUT2D eigenvalue weighted by atomic mass is 16.5. The van der Waals surface area contributed by atoms with E-state index in [9.17, 15) is 14.4 Å². The van der Waals surface area contributed by atoms with E-state index in [1.807, 2.05) is 18.2 Å². The number of nitrogens with zero attached hydrogens (tertiary/aromatic N) is 2. The van der Waals surface area contributed by atoms with Crippen molar-refractivity contribution in [2.45, 2.75) is 25.4 Å². The van der Waals surface area contributed by atoms with Crippen molar-refractivity contribution in [3.05, 3.63) is 68.7 Å². The molecule has 0 saturated carbocycles. The number of methoxy groups -OCH3 is 2. The molecule has 1 saturated heterocycles. The van der Waals surface area contributed by atoms with E-state index in [2.05, 4.69) is 5.10 Å². The van der Waals surface area contributed by atoms with E-state index in [4.69, 9.17) is 9.47 Å². The molecule has 4 rings (SSSR count). The van der Waals surface area contributed by atoms with Gasteiger partial charge in [-0.1, -0.05) is 18.2 Å². The summed E-state index contributed by atoms with van der Waals surface area (Å²) >= 11 is 0. The molecule has 2 heterocycles. The average molecular weight is 409 g/mol. The van der Waals surface area contributed by atoms with Gasteiger partial charge in [-0.05, 0) is 42.7 Å². The number of benzene rings is 2. The molecule has 0 radical (unpaired) electrons. The Morgan fingerprint density at radius 3 is 2.53 bits per heavy atom. The lowest BCUT2D eigenvalue weighted by molar-refractivity contribution is -0.133. The second-order valence-electron chi connectivity index (χ2n) is 7.24. The molecule has 1 aromatic heterocycles. The molecule has 1 N–H and O–H groups in total. The number of aromatic nitrogens is 2. The number of carbonyl (C=O) groups is 1. The standard InChI is InChI=1S/C22H23N3O5/c1-29-18-10-9-14(12-19(18)30-2)17-8-5-11-24(17)20(26)13-25-22(28)16-7-4-3-6-15(16)21(27)23-25/h3-4,6-7,9-10,12,17H,5,8,11,13H2,1-2H3,(H,23,27)/t17-/m1/s1. The summed E-state index contributed by atoms with van der Waals surface area (Å²) in [4.78, 5) is 39.8. The number of hydrogen-bond donors (Lipinski definition) is 1. The molecule has 1 aliphatic rings. The molecule has 30 heavy (non-hydrogen) atoms. The number of aromatic amines is 1. The predicted molar refractivity (Wildman–Crippen MR) is 112 cm³/mol. The summed E-state index contributed by atoms with van der Waals surface area (Å²) in [6, 6.07) is 12.1. The zero-order valence-corrected chi connectivity index (χ0v) is 16.9. The van der Waals surface area contributed by atoms with Gasteiger partial charge in [0.05, 0.1) is 31.0 Å². The van der Waals surface area contributed by atoms with Crippen LogP contribution in [0.1, 0.15) is 24.4 Å². The molecule has 8 nitrogen and oxygen atoms in total. The highest BCUT2D eigenvalue weighted by Gasteiger charge is 2.31. The van der Waals surface area contributed by atoms with Crippen LogP contribution in [0, 0.1) is 0 Å². The lowest BCUT2D eigenvalue weighted by Gasteiger charge is -2.26. The first-order valence-electron chi connectivity index (χ1n) is 9.76. The van der Waals surface area contributed by atoms with Gasteiger partial charge in [0, 0.05) is 6.54 Å². The van der Waals surface area contributed by atoms with E-state index in [-0.39, 0.29) is 24.1 Å². The molecule has 1 aliphatic heterocycles. The molecule has 2 aromatic carbocycles. The third-order valence-electron chi connectivity index (χ3n) is 5.54. The summed E-state index contributed by atoms with van der Waals surface area (Å²) in [5.41, 5.74) is 0.161. The molecule has 0 spiro atoms. The van der Waals surface area contributed by atoms with Crippen LogP contribution in [-0.2, 0) is 11.3 Å². The summed E-state index contributed by atoms with van der Waals surface area (Å²) in [7, 11) is 3.15. The maximum Gasteiger partial charge on any atom is 0.273 e. The van der Waals surface area contributed by atoms with Crippen LogP contribution in [0.4, 0.5) is 0 Å². The highest BCUT2D eigenvalue weighted by molar-refractivity contribution is 5.81. The second kappa shape index (κ2) is 8.06. The van der Waals surface area contributed by atoms with Crippen LogP contribution >= 0.6 is 0 Å². The van der Waals surface area contributed by atoms with E-state index in [1.165, 1.54) is 0 Å². The summed E-state index contributed by atoms with van der Waals surface area (Å²) in [5, 5.41) is 3.14. The maximum atomic E-state index is 13.1. The number of likely N-dealkylation sites (tertiary alicyclic amines) is 1. The first kappa shape index (κ1) is 19.8. The molecule has 1 fully saturated rings. The number of rotatable bonds is 5. The average Bonchev–Trinajstić information content (AvgIpc) is 3.27. The van der Waals surface area contributed by atoms with Crippen LogP contribution in [0.25, 0.3) is 10.8 Å². The zero-order valence-electron chi connectivity index (χ0n) is 16.9. The second-order valence-corrected chi connectivity index (χ2v) is 7.24. The zero-order chi connectivity index (χ0) is 21.3. The number of fused-ring (bicyclic) bond motifs is 1. The molecule has 1 amide bonds. The van der Waals surface area contributed by atoms with Crippen molar-refractivity contribution in [1.82, 2.24) is 14.7 Å². The Hall–Kier alpha value is -3.55. The summed E-state index contributed by atoms with van der Waals surface area (Å²) in [5.74, 6) is 1.00. The SMILES string of the molecule is COc1ccc([C@H]2CCCN2C(=O)Cn2[nH]c(=O)c3ccccc3c2=O)cc1OC. The Morgan fingerprint density at radius 1 is 1.07 bits per heavy atom. The normalized spacial score (nSPS) is 16.1. The molecule has 0 bridgehead atoms. The van der Waals surface area contributed by atoms with E-state index in [0.717, 1.165) is 23.1 Å². The third kappa shape index (κ3) is 3.45. The van der Waals surface area contributed by atoms with Gasteiger partial charge in [-0.3, -0.25) is 19.5 Å². The molecular formula is C22H23N3O5.